The van der Waals surface area contributed by atoms with Crippen LogP contribution in [0.4, 0.5) is 0 Å². The molecule has 1 unspecified atom stereocenters. The Labute approximate surface area is 75.1 Å². The molecule has 0 bridgehead atoms. The van der Waals surface area contributed by atoms with Gasteiger partial charge in [-0.2, -0.15) is 0 Å². The van der Waals surface area contributed by atoms with Crippen molar-refractivity contribution in [2.45, 2.75) is 40.0 Å². The summed E-state index contributed by atoms with van der Waals surface area (Å²) in [6, 6.07) is 0. The van der Waals surface area contributed by atoms with Crippen LogP contribution in [0.1, 0.15) is 40.0 Å². The Morgan fingerprint density at radius 2 is 2.18 bits per heavy atom. The van der Waals surface area contributed by atoms with E-state index >= 15 is 0 Å². The molecular weight excluding hydrogens is 156 g/mol. The summed E-state index contributed by atoms with van der Waals surface area (Å²) in [5, 5.41) is 0.661. The van der Waals surface area contributed by atoms with Crippen molar-refractivity contribution in [3.05, 3.63) is 0 Å². The molecule has 0 aromatic carbocycles. The minimum absolute atomic E-state index is 0.661. The Balaban J connectivity index is 3.08. The van der Waals surface area contributed by atoms with E-state index in [4.69, 9.17) is 17.0 Å². The van der Waals surface area contributed by atoms with E-state index in [1.165, 1.54) is 12.8 Å². The molecule has 0 aromatic rings. The highest BCUT2D eigenvalue weighted by Gasteiger charge is 1.97. The molecule has 0 saturated carbocycles. The first-order chi connectivity index (χ1) is 5.16. The highest BCUT2D eigenvalue weighted by molar-refractivity contribution is 7.80. The third-order valence-electron chi connectivity index (χ3n) is 1.84. The van der Waals surface area contributed by atoms with Gasteiger partial charge in [0, 0.05) is 6.92 Å². The third kappa shape index (κ3) is 7.79. The Hall–Kier alpha value is -0.110. The van der Waals surface area contributed by atoms with Crippen molar-refractivity contribution in [3.63, 3.8) is 0 Å². The van der Waals surface area contributed by atoms with Crippen LogP contribution in [0.5, 0.6) is 0 Å². The molecule has 0 fully saturated rings. The summed E-state index contributed by atoms with van der Waals surface area (Å²) < 4.78 is 5.17. The molecule has 0 amide bonds. The fourth-order valence-corrected chi connectivity index (χ4v) is 0.935. The standard InChI is InChI=1S/C9H18OS/c1-4-8(2)6-5-7-10-9(3)11/h8H,4-7H2,1-3H3. The first kappa shape index (κ1) is 10.9. The van der Waals surface area contributed by atoms with Crippen molar-refractivity contribution < 1.29 is 4.74 Å². The topological polar surface area (TPSA) is 9.23 Å². The van der Waals surface area contributed by atoms with Crippen LogP contribution in [0, 0.1) is 5.92 Å². The normalized spacial score (nSPS) is 12.6. The minimum atomic E-state index is 0.661. The second kappa shape index (κ2) is 6.59. The summed E-state index contributed by atoms with van der Waals surface area (Å²) in [6.07, 6.45) is 3.64. The van der Waals surface area contributed by atoms with Gasteiger partial charge in [-0.05, 0) is 31.0 Å². The van der Waals surface area contributed by atoms with Crippen molar-refractivity contribution in [2.75, 3.05) is 6.61 Å². The lowest BCUT2D eigenvalue weighted by Gasteiger charge is -2.07. The van der Waals surface area contributed by atoms with E-state index < -0.39 is 0 Å². The summed E-state index contributed by atoms with van der Waals surface area (Å²) in [6.45, 7) is 7.10. The third-order valence-corrected chi connectivity index (χ3v) is 1.96. The molecule has 0 saturated heterocycles. The molecule has 1 nitrogen and oxygen atoms in total. The quantitative estimate of drug-likeness (QED) is 0.467. The SMILES string of the molecule is CCC(C)CCCOC(C)=S. The smallest absolute Gasteiger partial charge is 0.156 e. The van der Waals surface area contributed by atoms with Gasteiger partial charge in [0.25, 0.3) is 0 Å². The van der Waals surface area contributed by atoms with E-state index in [-0.39, 0.29) is 0 Å². The van der Waals surface area contributed by atoms with E-state index in [2.05, 4.69) is 13.8 Å². The fourth-order valence-electron chi connectivity index (χ4n) is 0.852. The van der Waals surface area contributed by atoms with Gasteiger partial charge in [0.15, 0.2) is 5.05 Å². The summed E-state index contributed by atoms with van der Waals surface area (Å²) in [7, 11) is 0. The van der Waals surface area contributed by atoms with Crippen LogP contribution >= 0.6 is 12.2 Å². The van der Waals surface area contributed by atoms with Crippen molar-refractivity contribution >= 4 is 17.3 Å². The van der Waals surface area contributed by atoms with Gasteiger partial charge >= 0.3 is 0 Å². The molecule has 0 aliphatic heterocycles. The zero-order valence-corrected chi connectivity index (χ0v) is 8.54. The van der Waals surface area contributed by atoms with E-state index in [0.29, 0.717) is 5.05 Å². The van der Waals surface area contributed by atoms with Gasteiger partial charge in [0.2, 0.25) is 0 Å². The van der Waals surface area contributed by atoms with Crippen molar-refractivity contribution in [2.24, 2.45) is 5.92 Å². The average molecular weight is 174 g/mol. The molecular formula is C9H18OS. The van der Waals surface area contributed by atoms with Crippen LogP contribution in [0.3, 0.4) is 0 Å². The zero-order valence-electron chi connectivity index (χ0n) is 7.72. The monoisotopic (exact) mass is 174 g/mol. The minimum Gasteiger partial charge on any atom is -0.487 e. The maximum Gasteiger partial charge on any atom is 0.156 e. The summed E-state index contributed by atoms with van der Waals surface area (Å²) >= 11 is 4.78. The van der Waals surface area contributed by atoms with Gasteiger partial charge in [0.1, 0.15) is 0 Å². The van der Waals surface area contributed by atoms with Gasteiger partial charge in [-0.3, -0.25) is 0 Å². The number of hydrogen-bond donors (Lipinski definition) is 0. The maximum atomic E-state index is 5.17. The van der Waals surface area contributed by atoms with E-state index in [1.807, 2.05) is 6.92 Å². The lowest BCUT2D eigenvalue weighted by atomic mass is 10.0. The van der Waals surface area contributed by atoms with Crippen LogP contribution in [0.25, 0.3) is 0 Å². The molecule has 0 radical (unpaired) electrons. The molecule has 0 heterocycles. The number of hydrogen-bond acceptors (Lipinski definition) is 2. The average Bonchev–Trinajstić information content (AvgIpc) is 1.97. The Bertz CT molecular complexity index is 112. The molecule has 66 valence electrons. The van der Waals surface area contributed by atoms with E-state index in [1.54, 1.807) is 0 Å². The summed E-state index contributed by atoms with van der Waals surface area (Å²) in [5.41, 5.74) is 0. The largest absolute Gasteiger partial charge is 0.487 e. The van der Waals surface area contributed by atoms with Crippen molar-refractivity contribution in [1.29, 1.82) is 0 Å². The number of thiocarbonyl (C=S) groups is 1. The molecule has 11 heavy (non-hydrogen) atoms. The molecule has 0 aliphatic carbocycles. The lowest BCUT2D eigenvalue weighted by molar-refractivity contribution is 0.287. The van der Waals surface area contributed by atoms with Crippen molar-refractivity contribution in [3.8, 4) is 0 Å². The zero-order chi connectivity index (χ0) is 8.69. The van der Waals surface area contributed by atoms with Crippen LogP contribution < -0.4 is 0 Å². The predicted molar refractivity (Wildman–Crippen MR) is 52.9 cm³/mol. The second-order valence-electron chi connectivity index (χ2n) is 3.00. The van der Waals surface area contributed by atoms with Gasteiger partial charge in [-0.15, -0.1) is 0 Å². The molecule has 0 rings (SSSR count). The van der Waals surface area contributed by atoms with Crippen LogP contribution in [0.15, 0.2) is 0 Å². The van der Waals surface area contributed by atoms with E-state index in [0.717, 1.165) is 18.9 Å². The summed E-state index contributed by atoms with van der Waals surface area (Å²) in [5.74, 6) is 0.823. The maximum absolute atomic E-state index is 5.17. The Morgan fingerprint density at radius 3 is 2.64 bits per heavy atom. The molecule has 0 aromatic heterocycles. The molecule has 0 aliphatic rings. The Morgan fingerprint density at radius 1 is 1.55 bits per heavy atom. The van der Waals surface area contributed by atoms with E-state index in [9.17, 15) is 0 Å². The Kier molecular flexibility index (Phi) is 6.52. The van der Waals surface area contributed by atoms with Gasteiger partial charge in [-0.1, -0.05) is 20.3 Å². The first-order valence-electron chi connectivity index (χ1n) is 4.30. The first-order valence-corrected chi connectivity index (χ1v) is 4.71. The van der Waals surface area contributed by atoms with Crippen LogP contribution in [0.2, 0.25) is 0 Å². The van der Waals surface area contributed by atoms with Crippen molar-refractivity contribution in [1.82, 2.24) is 0 Å². The van der Waals surface area contributed by atoms with Crippen LogP contribution in [-0.4, -0.2) is 11.7 Å². The van der Waals surface area contributed by atoms with Gasteiger partial charge in [0.05, 0.1) is 6.61 Å². The van der Waals surface area contributed by atoms with Crippen LogP contribution in [-0.2, 0) is 4.74 Å². The molecule has 0 N–H and O–H groups in total. The summed E-state index contributed by atoms with van der Waals surface area (Å²) in [4.78, 5) is 0. The number of rotatable bonds is 5. The highest BCUT2D eigenvalue weighted by atomic mass is 32.1. The predicted octanol–water partition coefficient (Wildman–Crippen LogP) is 3.18. The fraction of sp³-hybridized carbons (Fsp3) is 0.889. The molecule has 2 heteroatoms. The van der Waals surface area contributed by atoms with Gasteiger partial charge in [-0.25, -0.2) is 0 Å². The molecule has 0 spiro atoms. The highest BCUT2D eigenvalue weighted by Crippen LogP contribution is 2.08. The molecule has 1 atom stereocenters. The lowest BCUT2D eigenvalue weighted by Crippen LogP contribution is -2.00. The second-order valence-corrected chi connectivity index (χ2v) is 3.57. The number of ether oxygens (including phenoxy) is 1. The van der Waals surface area contributed by atoms with Gasteiger partial charge < -0.3 is 4.74 Å².